The van der Waals surface area contributed by atoms with Crippen LogP contribution >= 0.6 is 11.6 Å². The van der Waals surface area contributed by atoms with Crippen molar-refractivity contribution in [2.75, 3.05) is 24.6 Å². The first-order chi connectivity index (χ1) is 8.65. The Kier molecular flexibility index (Phi) is 4.00. The number of rotatable bonds is 2. The second-order valence-electron chi connectivity index (χ2n) is 4.17. The van der Waals surface area contributed by atoms with Crippen LogP contribution in [0.25, 0.3) is 0 Å². The molecule has 0 N–H and O–H groups in total. The van der Waals surface area contributed by atoms with E-state index in [-0.39, 0.29) is 0 Å². The average molecular weight is 267 g/mol. The molecule has 1 atom stereocenters. The Balaban J connectivity index is 2.32. The van der Waals surface area contributed by atoms with E-state index in [2.05, 4.69) is 16.0 Å². The van der Waals surface area contributed by atoms with Gasteiger partial charge in [0.15, 0.2) is 6.10 Å². The molecule has 1 aromatic rings. The van der Waals surface area contributed by atoms with Gasteiger partial charge in [-0.25, -0.2) is 9.97 Å². The lowest BCUT2D eigenvalue weighted by Crippen LogP contribution is -2.42. The van der Waals surface area contributed by atoms with Crippen LogP contribution in [0.3, 0.4) is 0 Å². The van der Waals surface area contributed by atoms with Crippen molar-refractivity contribution in [2.45, 2.75) is 26.4 Å². The minimum absolute atomic E-state index is 0.406. The summed E-state index contributed by atoms with van der Waals surface area (Å²) in [5.74, 6) is 1.54. The third-order valence-corrected chi connectivity index (χ3v) is 3.30. The van der Waals surface area contributed by atoms with Gasteiger partial charge in [0.1, 0.15) is 16.8 Å². The van der Waals surface area contributed by atoms with Gasteiger partial charge >= 0.3 is 0 Å². The predicted molar refractivity (Wildman–Crippen MR) is 68.7 cm³/mol. The van der Waals surface area contributed by atoms with Crippen LogP contribution in [-0.4, -0.2) is 35.8 Å². The molecule has 0 bridgehead atoms. The first-order valence-corrected chi connectivity index (χ1v) is 6.32. The van der Waals surface area contributed by atoms with Crippen LogP contribution in [0.4, 0.5) is 5.82 Å². The van der Waals surface area contributed by atoms with Gasteiger partial charge in [0, 0.05) is 18.5 Å². The molecule has 1 aliphatic heterocycles. The summed E-state index contributed by atoms with van der Waals surface area (Å²) in [7, 11) is 0. The summed E-state index contributed by atoms with van der Waals surface area (Å²) in [6.45, 7) is 5.65. The quantitative estimate of drug-likeness (QED) is 0.763. The Morgan fingerprint density at radius 2 is 2.33 bits per heavy atom. The fourth-order valence-electron chi connectivity index (χ4n) is 1.91. The van der Waals surface area contributed by atoms with Crippen LogP contribution in [0.2, 0.25) is 5.15 Å². The maximum atomic E-state index is 8.92. The molecule has 5 nitrogen and oxygen atoms in total. The predicted octanol–water partition coefficient (Wildman–Crippen LogP) is 1.73. The van der Waals surface area contributed by atoms with Crippen molar-refractivity contribution in [3.8, 4) is 6.07 Å². The van der Waals surface area contributed by atoms with Gasteiger partial charge in [0.05, 0.1) is 19.2 Å². The van der Waals surface area contributed by atoms with Gasteiger partial charge in [-0.2, -0.15) is 5.26 Å². The van der Waals surface area contributed by atoms with E-state index in [4.69, 9.17) is 21.6 Å². The number of nitriles is 1. The summed E-state index contributed by atoms with van der Waals surface area (Å²) in [6.07, 6.45) is 0.330. The van der Waals surface area contributed by atoms with E-state index >= 15 is 0 Å². The first kappa shape index (κ1) is 13.1. The molecule has 0 aliphatic carbocycles. The highest BCUT2D eigenvalue weighted by molar-refractivity contribution is 6.30. The molecule has 1 aromatic heterocycles. The molecule has 18 heavy (non-hydrogen) atoms. The zero-order valence-electron chi connectivity index (χ0n) is 10.5. The van der Waals surface area contributed by atoms with E-state index in [0.29, 0.717) is 18.3 Å². The van der Waals surface area contributed by atoms with Gasteiger partial charge in [-0.3, -0.25) is 0 Å². The molecule has 0 amide bonds. The molecule has 0 aromatic carbocycles. The molecule has 1 saturated heterocycles. The Labute approximate surface area is 111 Å². The fraction of sp³-hybridized carbons (Fsp3) is 0.583. The second kappa shape index (κ2) is 5.51. The number of ether oxygens (including phenoxy) is 1. The van der Waals surface area contributed by atoms with Crippen LogP contribution < -0.4 is 4.90 Å². The van der Waals surface area contributed by atoms with Crippen molar-refractivity contribution < 1.29 is 4.74 Å². The van der Waals surface area contributed by atoms with Crippen LogP contribution in [0.5, 0.6) is 0 Å². The zero-order chi connectivity index (χ0) is 13.1. The third-order valence-electron chi connectivity index (χ3n) is 2.93. The minimum Gasteiger partial charge on any atom is -0.360 e. The average Bonchev–Trinajstić information content (AvgIpc) is 2.41. The summed E-state index contributed by atoms with van der Waals surface area (Å²) in [4.78, 5) is 10.8. The SMILES string of the molecule is CCc1nc(Cl)c(C)c(N2CCOC(C#N)C2)n1. The van der Waals surface area contributed by atoms with Crippen LogP contribution in [0.1, 0.15) is 18.3 Å². The third kappa shape index (κ3) is 2.55. The standard InChI is InChI=1S/C12H15ClN4O/c1-3-10-15-11(13)8(2)12(16-10)17-4-5-18-9(6-14)7-17/h9H,3-5,7H2,1-2H3. The smallest absolute Gasteiger partial charge is 0.161 e. The highest BCUT2D eigenvalue weighted by Gasteiger charge is 2.23. The molecule has 1 aliphatic rings. The Bertz CT molecular complexity index is 486. The lowest BCUT2D eigenvalue weighted by Gasteiger charge is -2.31. The summed E-state index contributed by atoms with van der Waals surface area (Å²) in [5.41, 5.74) is 0.854. The van der Waals surface area contributed by atoms with Gasteiger partial charge < -0.3 is 9.64 Å². The molecular weight excluding hydrogens is 252 g/mol. The molecule has 0 radical (unpaired) electrons. The number of halogens is 1. The van der Waals surface area contributed by atoms with Crippen LogP contribution in [-0.2, 0) is 11.2 Å². The summed E-state index contributed by atoms with van der Waals surface area (Å²) in [5, 5.41) is 9.40. The molecule has 0 saturated carbocycles. The lowest BCUT2D eigenvalue weighted by atomic mass is 10.2. The van der Waals surface area contributed by atoms with E-state index in [0.717, 1.165) is 30.2 Å². The lowest BCUT2D eigenvalue weighted by molar-refractivity contribution is 0.0761. The Hall–Kier alpha value is -1.38. The Morgan fingerprint density at radius 1 is 1.56 bits per heavy atom. The van der Waals surface area contributed by atoms with Gasteiger partial charge in [0.25, 0.3) is 0 Å². The number of aromatic nitrogens is 2. The second-order valence-corrected chi connectivity index (χ2v) is 4.53. The van der Waals surface area contributed by atoms with E-state index in [9.17, 15) is 0 Å². The van der Waals surface area contributed by atoms with E-state index in [1.54, 1.807) is 0 Å². The molecule has 1 unspecified atom stereocenters. The van der Waals surface area contributed by atoms with Crippen LogP contribution in [0, 0.1) is 18.3 Å². The van der Waals surface area contributed by atoms with Gasteiger partial charge in [-0.05, 0) is 6.92 Å². The van der Waals surface area contributed by atoms with Crippen molar-refractivity contribution >= 4 is 17.4 Å². The normalized spacial score (nSPS) is 19.7. The van der Waals surface area contributed by atoms with E-state index in [1.165, 1.54) is 0 Å². The number of anilines is 1. The molecule has 2 rings (SSSR count). The highest BCUT2D eigenvalue weighted by Crippen LogP contribution is 2.25. The van der Waals surface area contributed by atoms with Crippen molar-refractivity contribution in [2.24, 2.45) is 0 Å². The van der Waals surface area contributed by atoms with Gasteiger partial charge in [-0.15, -0.1) is 0 Å². The van der Waals surface area contributed by atoms with Crippen molar-refractivity contribution in [3.05, 3.63) is 16.5 Å². The van der Waals surface area contributed by atoms with Crippen LogP contribution in [0.15, 0.2) is 0 Å². The summed E-state index contributed by atoms with van der Waals surface area (Å²) in [6, 6.07) is 2.13. The zero-order valence-corrected chi connectivity index (χ0v) is 11.2. The number of hydrogen-bond donors (Lipinski definition) is 0. The highest BCUT2D eigenvalue weighted by atomic mass is 35.5. The maximum Gasteiger partial charge on any atom is 0.161 e. The van der Waals surface area contributed by atoms with Crippen molar-refractivity contribution in [3.63, 3.8) is 0 Å². The van der Waals surface area contributed by atoms with E-state index in [1.807, 2.05) is 18.7 Å². The number of nitrogens with zero attached hydrogens (tertiary/aromatic N) is 4. The number of hydrogen-bond acceptors (Lipinski definition) is 5. The topological polar surface area (TPSA) is 62.0 Å². The first-order valence-electron chi connectivity index (χ1n) is 5.95. The molecule has 1 fully saturated rings. The maximum absolute atomic E-state index is 8.92. The number of aryl methyl sites for hydroxylation is 1. The Morgan fingerprint density at radius 3 is 3.00 bits per heavy atom. The summed E-state index contributed by atoms with van der Waals surface area (Å²) >= 11 is 6.11. The molecular formula is C12H15ClN4O. The van der Waals surface area contributed by atoms with Gasteiger partial charge in [0.2, 0.25) is 0 Å². The minimum atomic E-state index is -0.406. The molecule has 96 valence electrons. The molecule has 2 heterocycles. The van der Waals surface area contributed by atoms with Gasteiger partial charge in [-0.1, -0.05) is 18.5 Å². The largest absolute Gasteiger partial charge is 0.360 e. The monoisotopic (exact) mass is 266 g/mol. The summed E-state index contributed by atoms with van der Waals surface area (Å²) < 4.78 is 5.33. The van der Waals surface area contributed by atoms with Crippen molar-refractivity contribution in [1.82, 2.24) is 9.97 Å². The van der Waals surface area contributed by atoms with E-state index < -0.39 is 6.10 Å². The number of morpholine rings is 1. The van der Waals surface area contributed by atoms with Crippen molar-refractivity contribution in [1.29, 1.82) is 5.26 Å². The fourth-order valence-corrected chi connectivity index (χ4v) is 2.09. The molecule has 0 spiro atoms. The molecule has 6 heteroatoms.